The molecule has 1 heterocycles. The van der Waals surface area contributed by atoms with Gasteiger partial charge in [0, 0.05) is 18.0 Å². The fraction of sp³-hybridized carbons (Fsp3) is 0.522. The number of aromatic hydroxyl groups is 1. The van der Waals surface area contributed by atoms with Crippen molar-refractivity contribution in [3.05, 3.63) is 30.5 Å². The van der Waals surface area contributed by atoms with Gasteiger partial charge in [-0.3, -0.25) is 14.6 Å². The first-order valence-corrected chi connectivity index (χ1v) is 10.7. The zero-order chi connectivity index (χ0) is 20.9. The molecule has 2 amide bonds. The fourth-order valence-electron chi connectivity index (χ4n) is 3.29. The number of amides is 2. The van der Waals surface area contributed by atoms with E-state index >= 15 is 0 Å². The maximum atomic E-state index is 12.1. The average molecular weight is 400 g/mol. The van der Waals surface area contributed by atoms with Gasteiger partial charge in [0.05, 0.1) is 12.2 Å². The van der Waals surface area contributed by atoms with Gasteiger partial charge in [0.15, 0.2) is 5.75 Å². The Hall–Kier alpha value is -2.63. The highest BCUT2D eigenvalue weighted by Crippen LogP contribution is 2.30. The molecule has 6 nitrogen and oxygen atoms in total. The number of carbonyl (C=O) groups excluding carboxylic acids is 2. The zero-order valence-corrected chi connectivity index (χ0v) is 17.4. The molecular weight excluding hydrogens is 366 g/mol. The van der Waals surface area contributed by atoms with E-state index in [1.807, 2.05) is 6.07 Å². The number of pyridine rings is 1. The summed E-state index contributed by atoms with van der Waals surface area (Å²) in [6, 6.07) is 7.02. The number of carbonyl (C=O) groups is 2. The second-order valence-corrected chi connectivity index (χ2v) is 7.44. The summed E-state index contributed by atoms with van der Waals surface area (Å²) in [4.78, 5) is 28.1. The molecule has 29 heavy (non-hydrogen) atoms. The highest BCUT2D eigenvalue weighted by Gasteiger charge is 2.11. The molecule has 0 aliphatic heterocycles. The van der Waals surface area contributed by atoms with E-state index in [0.717, 1.165) is 24.6 Å². The van der Waals surface area contributed by atoms with Gasteiger partial charge in [-0.05, 0) is 18.6 Å². The van der Waals surface area contributed by atoms with E-state index in [4.69, 9.17) is 0 Å². The summed E-state index contributed by atoms with van der Waals surface area (Å²) in [5, 5.41) is 16.3. The fourth-order valence-corrected chi connectivity index (χ4v) is 3.29. The van der Waals surface area contributed by atoms with Gasteiger partial charge in [-0.25, -0.2) is 0 Å². The molecule has 0 spiro atoms. The SMILES string of the molecule is CCCCCCCCCCCC(=O)NCC(=O)Nc1ccc2cccnc2c1O. The largest absolute Gasteiger partial charge is 0.504 e. The predicted octanol–water partition coefficient (Wildman–Crippen LogP) is 4.92. The van der Waals surface area contributed by atoms with Crippen LogP contribution in [0.25, 0.3) is 10.9 Å². The monoisotopic (exact) mass is 399 g/mol. The van der Waals surface area contributed by atoms with E-state index in [1.165, 1.54) is 38.5 Å². The third kappa shape index (κ3) is 8.10. The number of phenolic OH excluding ortho intramolecular Hbond substituents is 1. The molecule has 0 unspecified atom stereocenters. The summed E-state index contributed by atoms with van der Waals surface area (Å²) >= 11 is 0. The molecule has 6 heteroatoms. The molecule has 0 aliphatic carbocycles. The first-order chi connectivity index (χ1) is 14.1. The van der Waals surface area contributed by atoms with Crippen LogP contribution in [0.3, 0.4) is 0 Å². The van der Waals surface area contributed by atoms with Crippen molar-refractivity contribution in [2.45, 2.75) is 71.1 Å². The number of phenols is 1. The van der Waals surface area contributed by atoms with Crippen molar-refractivity contribution in [1.82, 2.24) is 10.3 Å². The predicted molar refractivity (Wildman–Crippen MR) is 117 cm³/mol. The van der Waals surface area contributed by atoms with Crippen LogP contribution in [0.2, 0.25) is 0 Å². The molecule has 0 saturated carbocycles. The third-order valence-electron chi connectivity index (χ3n) is 4.98. The normalized spacial score (nSPS) is 10.8. The summed E-state index contributed by atoms with van der Waals surface area (Å²) in [5.74, 6) is -0.569. The van der Waals surface area contributed by atoms with Gasteiger partial charge in [0.1, 0.15) is 5.52 Å². The summed E-state index contributed by atoms with van der Waals surface area (Å²) in [7, 11) is 0. The molecule has 2 aromatic rings. The lowest BCUT2D eigenvalue weighted by Gasteiger charge is -2.10. The number of nitrogens with zero attached hydrogens (tertiary/aromatic N) is 1. The standard InChI is InChI=1S/C23H33N3O3/c1-2-3-4-5-6-7-8-9-10-13-20(27)25-17-21(28)26-19-15-14-18-12-11-16-24-22(18)23(19)29/h11-12,14-16,29H,2-10,13,17H2,1H3,(H,25,27)(H,26,28). The lowest BCUT2D eigenvalue weighted by atomic mass is 10.1. The number of unbranched alkanes of at least 4 members (excludes halogenated alkanes) is 8. The van der Waals surface area contributed by atoms with Crippen LogP contribution in [0.5, 0.6) is 5.75 Å². The van der Waals surface area contributed by atoms with Gasteiger partial charge in [-0.1, -0.05) is 70.4 Å². The first-order valence-electron chi connectivity index (χ1n) is 10.7. The van der Waals surface area contributed by atoms with E-state index in [0.29, 0.717) is 11.9 Å². The molecule has 1 aromatic carbocycles. The van der Waals surface area contributed by atoms with E-state index in [1.54, 1.807) is 24.4 Å². The molecule has 1 aromatic heterocycles. The van der Waals surface area contributed by atoms with Crippen molar-refractivity contribution >= 4 is 28.4 Å². The number of benzene rings is 1. The average Bonchev–Trinajstić information content (AvgIpc) is 2.73. The van der Waals surface area contributed by atoms with Gasteiger partial charge in [0.25, 0.3) is 0 Å². The van der Waals surface area contributed by atoms with E-state index in [9.17, 15) is 14.7 Å². The molecule has 2 rings (SSSR count). The third-order valence-corrected chi connectivity index (χ3v) is 4.98. The van der Waals surface area contributed by atoms with E-state index in [-0.39, 0.29) is 29.8 Å². The van der Waals surface area contributed by atoms with Crippen LogP contribution in [-0.4, -0.2) is 28.4 Å². The molecule has 0 atom stereocenters. The van der Waals surface area contributed by atoms with Crippen molar-refractivity contribution < 1.29 is 14.7 Å². The Kier molecular flexibility index (Phi) is 9.96. The molecule has 158 valence electrons. The van der Waals surface area contributed by atoms with Crippen LogP contribution in [0.4, 0.5) is 5.69 Å². The van der Waals surface area contributed by atoms with Gasteiger partial charge >= 0.3 is 0 Å². The highest BCUT2D eigenvalue weighted by atomic mass is 16.3. The van der Waals surface area contributed by atoms with Gasteiger partial charge in [-0.2, -0.15) is 0 Å². The number of hydrogen-bond acceptors (Lipinski definition) is 4. The Morgan fingerprint density at radius 2 is 1.62 bits per heavy atom. The van der Waals surface area contributed by atoms with Crippen LogP contribution in [0.15, 0.2) is 30.5 Å². The quantitative estimate of drug-likeness (QED) is 0.329. The van der Waals surface area contributed by atoms with Crippen LogP contribution >= 0.6 is 0 Å². The highest BCUT2D eigenvalue weighted by molar-refractivity contribution is 5.99. The van der Waals surface area contributed by atoms with Gasteiger partial charge < -0.3 is 15.7 Å². The van der Waals surface area contributed by atoms with Crippen molar-refractivity contribution in [2.24, 2.45) is 0 Å². The molecule has 0 aliphatic rings. The number of aromatic nitrogens is 1. The second kappa shape index (κ2) is 12.8. The summed E-state index contributed by atoms with van der Waals surface area (Å²) in [5.41, 5.74) is 0.717. The number of hydrogen-bond donors (Lipinski definition) is 3. The Morgan fingerprint density at radius 3 is 2.34 bits per heavy atom. The van der Waals surface area contributed by atoms with E-state index in [2.05, 4.69) is 22.5 Å². The van der Waals surface area contributed by atoms with Crippen molar-refractivity contribution in [3.63, 3.8) is 0 Å². The van der Waals surface area contributed by atoms with Crippen LogP contribution in [0, 0.1) is 0 Å². The number of nitrogens with one attached hydrogen (secondary N) is 2. The number of rotatable bonds is 13. The molecule has 0 bridgehead atoms. The van der Waals surface area contributed by atoms with Crippen LogP contribution in [-0.2, 0) is 9.59 Å². The molecule has 0 saturated heterocycles. The minimum absolute atomic E-state index is 0.0718. The zero-order valence-electron chi connectivity index (χ0n) is 17.4. The smallest absolute Gasteiger partial charge is 0.243 e. The Balaban J connectivity index is 1.60. The maximum Gasteiger partial charge on any atom is 0.243 e. The summed E-state index contributed by atoms with van der Waals surface area (Å²) in [6.45, 7) is 2.11. The molecule has 0 fully saturated rings. The summed E-state index contributed by atoms with van der Waals surface area (Å²) in [6.07, 6.45) is 12.8. The lowest BCUT2D eigenvalue weighted by Crippen LogP contribution is -2.32. The Morgan fingerprint density at radius 1 is 0.931 bits per heavy atom. The van der Waals surface area contributed by atoms with Gasteiger partial charge in [-0.15, -0.1) is 0 Å². The Bertz CT molecular complexity index is 792. The minimum atomic E-state index is -0.379. The minimum Gasteiger partial charge on any atom is -0.504 e. The molecule has 0 radical (unpaired) electrons. The first kappa shape index (κ1) is 22.7. The molecule has 3 N–H and O–H groups in total. The van der Waals surface area contributed by atoms with Crippen LogP contribution in [0.1, 0.15) is 71.1 Å². The number of fused-ring (bicyclic) bond motifs is 1. The number of anilines is 1. The van der Waals surface area contributed by atoms with Crippen molar-refractivity contribution in [2.75, 3.05) is 11.9 Å². The van der Waals surface area contributed by atoms with Crippen molar-refractivity contribution in [1.29, 1.82) is 0 Å². The summed E-state index contributed by atoms with van der Waals surface area (Å²) < 4.78 is 0. The van der Waals surface area contributed by atoms with Crippen molar-refractivity contribution in [3.8, 4) is 5.75 Å². The van der Waals surface area contributed by atoms with Gasteiger partial charge in [0.2, 0.25) is 11.8 Å². The molecular formula is C23H33N3O3. The van der Waals surface area contributed by atoms with Crippen LogP contribution < -0.4 is 10.6 Å². The van der Waals surface area contributed by atoms with E-state index < -0.39 is 0 Å². The Labute approximate surface area is 173 Å². The topological polar surface area (TPSA) is 91.3 Å². The maximum absolute atomic E-state index is 12.1. The second-order valence-electron chi connectivity index (χ2n) is 7.44. The lowest BCUT2D eigenvalue weighted by molar-refractivity contribution is -0.124.